The number of aromatic amines is 1. The van der Waals surface area contributed by atoms with E-state index in [0.29, 0.717) is 23.0 Å². The summed E-state index contributed by atoms with van der Waals surface area (Å²) in [6.45, 7) is 0. The normalized spacial score (nSPS) is 10.8. The highest BCUT2D eigenvalue weighted by Crippen LogP contribution is 2.29. The van der Waals surface area contributed by atoms with Crippen LogP contribution in [0, 0.1) is 10.1 Å². The summed E-state index contributed by atoms with van der Waals surface area (Å²) in [6, 6.07) is 15.4. The quantitative estimate of drug-likeness (QED) is 0.373. The van der Waals surface area contributed by atoms with E-state index in [1.165, 1.54) is 12.1 Å². The lowest BCUT2D eigenvalue weighted by Gasteiger charge is -2.04. The molecule has 0 unspecified atom stereocenters. The fourth-order valence-corrected chi connectivity index (χ4v) is 2.96. The van der Waals surface area contributed by atoms with Gasteiger partial charge in [-0.3, -0.25) is 10.1 Å². The Kier molecular flexibility index (Phi) is 4.10. The molecule has 1 N–H and O–H groups in total. The lowest BCUT2D eigenvalue weighted by molar-refractivity contribution is -0.384. The number of hydrogen-bond acceptors (Lipinski definition) is 5. The maximum Gasteiger partial charge on any atom is 0.269 e. The van der Waals surface area contributed by atoms with Gasteiger partial charge in [-0.1, -0.05) is 34.1 Å². The van der Waals surface area contributed by atoms with E-state index in [0.717, 1.165) is 15.6 Å². The van der Waals surface area contributed by atoms with Crippen molar-refractivity contribution in [2.24, 2.45) is 0 Å². The molecule has 2 aromatic heterocycles. The summed E-state index contributed by atoms with van der Waals surface area (Å²) in [6.07, 6.45) is 1.56. The van der Waals surface area contributed by atoms with Crippen LogP contribution in [0.2, 0.25) is 0 Å². The molecule has 0 aliphatic carbocycles. The van der Waals surface area contributed by atoms with Crippen LogP contribution in [0.25, 0.3) is 22.6 Å². The van der Waals surface area contributed by atoms with Crippen LogP contribution >= 0.6 is 15.9 Å². The molecule has 0 saturated carbocycles. The molecule has 128 valence electrons. The third kappa shape index (κ3) is 3.14. The predicted molar refractivity (Wildman–Crippen MR) is 100 cm³/mol. The number of nitro benzene ring substituents is 1. The third-order valence-corrected chi connectivity index (χ3v) is 4.42. The van der Waals surface area contributed by atoms with E-state index >= 15 is 0 Å². The molecule has 4 aromatic rings. The van der Waals surface area contributed by atoms with E-state index in [-0.39, 0.29) is 5.69 Å². The Morgan fingerprint density at radius 1 is 1.08 bits per heavy atom. The SMILES string of the molecule is O=[N+]([O-])c1ccc(Oc2cnc3nc(-c4ccccc4Br)[nH]c3c2)cc1. The summed E-state index contributed by atoms with van der Waals surface area (Å²) in [4.78, 5) is 22.3. The fraction of sp³-hybridized carbons (Fsp3) is 0. The monoisotopic (exact) mass is 410 g/mol. The van der Waals surface area contributed by atoms with Crippen molar-refractivity contribution < 1.29 is 9.66 Å². The first-order valence-electron chi connectivity index (χ1n) is 7.63. The van der Waals surface area contributed by atoms with Gasteiger partial charge >= 0.3 is 0 Å². The summed E-state index contributed by atoms with van der Waals surface area (Å²) in [5.74, 6) is 1.70. The van der Waals surface area contributed by atoms with Crippen molar-refractivity contribution in [1.29, 1.82) is 0 Å². The van der Waals surface area contributed by atoms with E-state index in [2.05, 4.69) is 30.9 Å². The van der Waals surface area contributed by atoms with Gasteiger partial charge in [-0.05, 0) is 18.2 Å². The van der Waals surface area contributed by atoms with Crippen molar-refractivity contribution in [3.63, 3.8) is 0 Å². The zero-order valence-corrected chi connectivity index (χ0v) is 14.8. The molecule has 0 bridgehead atoms. The van der Waals surface area contributed by atoms with E-state index in [1.54, 1.807) is 24.4 Å². The zero-order valence-electron chi connectivity index (χ0n) is 13.2. The van der Waals surface area contributed by atoms with Gasteiger partial charge in [-0.2, -0.15) is 0 Å². The molecule has 4 rings (SSSR count). The van der Waals surface area contributed by atoms with E-state index in [4.69, 9.17) is 4.74 Å². The number of pyridine rings is 1. The molecule has 26 heavy (non-hydrogen) atoms. The molecule has 0 aliphatic rings. The molecule has 8 heteroatoms. The van der Waals surface area contributed by atoms with E-state index < -0.39 is 4.92 Å². The average Bonchev–Trinajstić information content (AvgIpc) is 3.05. The van der Waals surface area contributed by atoms with Crippen molar-refractivity contribution in [3.8, 4) is 22.9 Å². The lowest BCUT2D eigenvalue weighted by Crippen LogP contribution is -1.89. The van der Waals surface area contributed by atoms with Gasteiger partial charge in [0.1, 0.15) is 17.3 Å². The predicted octanol–water partition coefficient (Wildman–Crippen LogP) is 5.09. The summed E-state index contributed by atoms with van der Waals surface area (Å²) in [5, 5.41) is 10.7. The third-order valence-electron chi connectivity index (χ3n) is 3.72. The number of non-ortho nitro benzene ring substituents is 1. The largest absolute Gasteiger partial charge is 0.456 e. The van der Waals surface area contributed by atoms with Crippen molar-refractivity contribution in [1.82, 2.24) is 15.0 Å². The van der Waals surface area contributed by atoms with Crippen LogP contribution in [0.4, 0.5) is 5.69 Å². The van der Waals surface area contributed by atoms with Crippen molar-refractivity contribution in [2.75, 3.05) is 0 Å². The first-order valence-corrected chi connectivity index (χ1v) is 8.42. The molecule has 7 nitrogen and oxygen atoms in total. The number of aromatic nitrogens is 3. The molecular weight excluding hydrogens is 400 g/mol. The van der Waals surface area contributed by atoms with Gasteiger partial charge in [0.05, 0.1) is 16.6 Å². The molecule has 0 spiro atoms. The highest BCUT2D eigenvalue weighted by molar-refractivity contribution is 9.10. The molecule has 0 atom stereocenters. The van der Waals surface area contributed by atoms with Crippen molar-refractivity contribution >= 4 is 32.8 Å². The van der Waals surface area contributed by atoms with Crippen LogP contribution in [-0.4, -0.2) is 19.9 Å². The second kappa shape index (κ2) is 6.57. The lowest BCUT2D eigenvalue weighted by atomic mass is 10.2. The second-order valence-electron chi connectivity index (χ2n) is 5.46. The Hall–Kier alpha value is -3.26. The fourth-order valence-electron chi connectivity index (χ4n) is 2.49. The van der Waals surface area contributed by atoms with Gasteiger partial charge in [0.25, 0.3) is 5.69 Å². The summed E-state index contributed by atoms with van der Waals surface area (Å²) in [7, 11) is 0. The summed E-state index contributed by atoms with van der Waals surface area (Å²) < 4.78 is 6.65. The van der Waals surface area contributed by atoms with Crippen molar-refractivity contribution in [3.05, 3.63) is 75.4 Å². The van der Waals surface area contributed by atoms with Crippen molar-refractivity contribution in [2.45, 2.75) is 0 Å². The number of H-pyrrole nitrogens is 1. The standard InChI is InChI=1S/C18H11BrN4O3/c19-15-4-2-1-3-14(15)17-21-16-9-13(10-20-18(16)22-17)26-12-7-5-11(6-8-12)23(24)25/h1-10H,(H,20,21,22). The van der Waals surface area contributed by atoms with Gasteiger partial charge in [0, 0.05) is 28.2 Å². The maximum atomic E-state index is 10.7. The minimum absolute atomic E-state index is 0.0116. The molecule has 2 heterocycles. The van der Waals surface area contributed by atoms with Gasteiger partial charge in [0.15, 0.2) is 5.65 Å². The molecule has 0 saturated heterocycles. The number of nitrogens with one attached hydrogen (secondary N) is 1. The van der Waals surface area contributed by atoms with Crippen LogP contribution in [-0.2, 0) is 0 Å². The highest BCUT2D eigenvalue weighted by Gasteiger charge is 2.11. The first kappa shape index (κ1) is 16.2. The number of hydrogen-bond donors (Lipinski definition) is 1. The highest BCUT2D eigenvalue weighted by atomic mass is 79.9. The Bertz CT molecular complexity index is 1110. The topological polar surface area (TPSA) is 93.9 Å². The smallest absolute Gasteiger partial charge is 0.269 e. The Labute approximate surface area is 156 Å². The van der Waals surface area contributed by atoms with Gasteiger partial charge in [0.2, 0.25) is 0 Å². The number of benzene rings is 2. The number of imidazole rings is 1. The number of ether oxygens (including phenoxy) is 1. The molecule has 0 radical (unpaired) electrons. The molecular formula is C18H11BrN4O3. The number of fused-ring (bicyclic) bond motifs is 1. The molecule has 0 aliphatic heterocycles. The first-order chi connectivity index (χ1) is 12.6. The summed E-state index contributed by atoms with van der Waals surface area (Å²) in [5.41, 5.74) is 2.25. The summed E-state index contributed by atoms with van der Waals surface area (Å²) >= 11 is 3.51. The van der Waals surface area contributed by atoms with E-state index in [9.17, 15) is 10.1 Å². The van der Waals surface area contributed by atoms with Crippen LogP contribution in [0.1, 0.15) is 0 Å². The van der Waals surface area contributed by atoms with Crippen LogP contribution in [0.3, 0.4) is 0 Å². The minimum Gasteiger partial charge on any atom is -0.456 e. The number of rotatable bonds is 4. The second-order valence-corrected chi connectivity index (χ2v) is 6.31. The van der Waals surface area contributed by atoms with E-state index in [1.807, 2.05) is 24.3 Å². The molecule has 2 aromatic carbocycles. The number of halogens is 1. The Balaban J connectivity index is 1.63. The Morgan fingerprint density at radius 3 is 2.58 bits per heavy atom. The molecule has 0 amide bonds. The number of nitro groups is 1. The Morgan fingerprint density at radius 2 is 1.85 bits per heavy atom. The average molecular weight is 411 g/mol. The van der Waals surface area contributed by atoms with Crippen LogP contribution in [0.15, 0.2) is 65.3 Å². The molecule has 0 fully saturated rings. The zero-order chi connectivity index (χ0) is 18.1. The minimum atomic E-state index is -0.453. The van der Waals surface area contributed by atoms with Crippen LogP contribution < -0.4 is 4.74 Å². The van der Waals surface area contributed by atoms with Crippen LogP contribution in [0.5, 0.6) is 11.5 Å². The van der Waals surface area contributed by atoms with Gasteiger partial charge in [-0.15, -0.1) is 0 Å². The van der Waals surface area contributed by atoms with Gasteiger partial charge < -0.3 is 9.72 Å². The maximum absolute atomic E-state index is 10.7. The number of nitrogens with zero attached hydrogens (tertiary/aromatic N) is 3. The van der Waals surface area contributed by atoms with Gasteiger partial charge in [-0.25, -0.2) is 9.97 Å².